The van der Waals surface area contributed by atoms with Gasteiger partial charge in [0.1, 0.15) is 10.6 Å². The topological polar surface area (TPSA) is 154 Å². The maximum absolute atomic E-state index is 12.5. The summed E-state index contributed by atoms with van der Waals surface area (Å²) >= 11 is 3.33. The first kappa shape index (κ1) is 21.7. The summed E-state index contributed by atoms with van der Waals surface area (Å²) in [6, 6.07) is 9.65. The number of hydrogen-bond donors (Lipinski definition) is 4. The highest BCUT2D eigenvalue weighted by Gasteiger charge is 2.20. The molecule has 0 bridgehead atoms. The maximum atomic E-state index is 12.5. The molecule has 0 radical (unpaired) electrons. The number of rotatable bonds is 7. The Hall–Kier alpha value is -2.63. The Balaban J connectivity index is 2.22. The van der Waals surface area contributed by atoms with E-state index in [4.69, 9.17) is 15.6 Å². The summed E-state index contributed by atoms with van der Waals surface area (Å²) in [7, 11) is -2.74. The molecular weight excluding hydrogens is 452 g/mol. The van der Waals surface area contributed by atoms with E-state index in [1.165, 1.54) is 25.3 Å². The summed E-state index contributed by atoms with van der Waals surface area (Å²) in [4.78, 5) is 23.5. The normalized spacial score (nSPS) is 12.1. The van der Waals surface area contributed by atoms with Crippen molar-refractivity contribution in [3.05, 3.63) is 52.5 Å². The van der Waals surface area contributed by atoms with Gasteiger partial charge in [0.05, 0.1) is 19.6 Å². The van der Waals surface area contributed by atoms with Crippen molar-refractivity contribution in [1.82, 2.24) is 5.32 Å². The average Bonchev–Trinajstić information content (AvgIpc) is 2.60. The predicted octanol–water partition coefficient (Wildman–Crippen LogP) is 1.84. The lowest BCUT2D eigenvalue weighted by molar-refractivity contribution is -0.116. The number of halogens is 1. The fourth-order valence-corrected chi connectivity index (χ4v) is 3.66. The van der Waals surface area contributed by atoms with E-state index in [9.17, 15) is 18.0 Å². The number of ether oxygens (including phenoxy) is 1. The Morgan fingerprint density at radius 1 is 1.21 bits per heavy atom. The predicted molar refractivity (Wildman–Crippen MR) is 107 cm³/mol. The average molecular weight is 471 g/mol. The second kappa shape index (κ2) is 9.04. The molecule has 11 heteroatoms. The number of hydrogen-bond acceptors (Lipinski definition) is 5. The Labute approximate surface area is 170 Å². The number of amides is 3. The lowest BCUT2D eigenvalue weighted by atomic mass is 10.0. The Kier molecular flexibility index (Phi) is 7.00. The van der Waals surface area contributed by atoms with Crippen molar-refractivity contribution in [3.8, 4) is 5.75 Å². The maximum Gasteiger partial charge on any atom is 0.312 e. The first-order chi connectivity index (χ1) is 13.1. The molecular formula is C17H19BrN4O5S. The molecule has 1 atom stereocenters. The summed E-state index contributed by atoms with van der Waals surface area (Å²) < 4.78 is 29.1. The van der Waals surface area contributed by atoms with E-state index >= 15 is 0 Å². The third-order valence-corrected chi connectivity index (χ3v) is 5.14. The summed E-state index contributed by atoms with van der Waals surface area (Å²) in [5.41, 5.74) is 6.09. The van der Waals surface area contributed by atoms with Gasteiger partial charge in [0.15, 0.2) is 0 Å². The van der Waals surface area contributed by atoms with Gasteiger partial charge >= 0.3 is 6.03 Å². The molecule has 0 fully saturated rings. The van der Waals surface area contributed by atoms with E-state index in [2.05, 4.69) is 26.6 Å². The largest absolute Gasteiger partial charge is 0.495 e. The molecule has 0 aromatic heterocycles. The second-order valence-electron chi connectivity index (χ2n) is 5.78. The van der Waals surface area contributed by atoms with Crippen LogP contribution in [0.5, 0.6) is 5.75 Å². The third-order valence-electron chi connectivity index (χ3n) is 3.71. The van der Waals surface area contributed by atoms with Crippen LogP contribution < -0.4 is 26.2 Å². The van der Waals surface area contributed by atoms with Crippen LogP contribution in [0.4, 0.5) is 10.5 Å². The first-order valence-electron chi connectivity index (χ1n) is 7.92. The molecule has 6 N–H and O–H groups in total. The molecule has 3 amide bonds. The van der Waals surface area contributed by atoms with Crippen LogP contribution in [0.2, 0.25) is 0 Å². The zero-order valence-electron chi connectivity index (χ0n) is 14.8. The number of carbonyl (C=O) groups excluding carboxylic acids is 2. The highest BCUT2D eigenvalue weighted by molar-refractivity contribution is 9.10. The minimum Gasteiger partial charge on any atom is -0.495 e. The molecule has 28 heavy (non-hydrogen) atoms. The molecule has 2 aromatic carbocycles. The number of nitrogens with two attached hydrogens (primary N) is 2. The minimum absolute atomic E-state index is 0.0582. The fraction of sp³-hybridized carbons (Fsp3) is 0.176. The van der Waals surface area contributed by atoms with E-state index in [1.54, 1.807) is 24.3 Å². The van der Waals surface area contributed by atoms with Crippen LogP contribution in [-0.4, -0.2) is 27.5 Å². The standard InChI is InChI=1S/C17H19BrN4O5S/c1-27-14-6-5-12(8-15(14)28(20,25)26)21-16(23)9-13(22-17(19)24)10-3-2-4-11(18)7-10/h2-8,13H,9H2,1H3,(H,21,23)(H3,19,22,24)(H2,20,25,26). The monoisotopic (exact) mass is 470 g/mol. The number of sulfonamides is 1. The first-order valence-corrected chi connectivity index (χ1v) is 10.3. The Morgan fingerprint density at radius 3 is 2.50 bits per heavy atom. The quantitative estimate of drug-likeness (QED) is 0.485. The van der Waals surface area contributed by atoms with E-state index in [1.807, 2.05) is 0 Å². The van der Waals surface area contributed by atoms with Crippen molar-refractivity contribution in [2.24, 2.45) is 10.9 Å². The molecule has 0 aliphatic rings. The molecule has 0 heterocycles. The summed E-state index contributed by atoms with van der Waals surface area (Å²) in [6.07, 6.45) is -0.129. The van der Waals surface area contributed by atoms with Crippen LogP contribution in [0.1, 0.15) is 18.0 Å². The van der Waals surface area contributed by atoms with E-state index in [-0.39, 0.29) is 22.8 Å². The molecule has 0 aliphatic carbocycles. The highest BCUT2D eigenvalue weighted by Crippen LogP contribution is 2.27. The van der Waals surface area contributed by atoms with E-state index < -0.39 is 28.0 Å². The van der Waals surface area contributed by atoms with Crippen molar-refractivity contribution in [3.63, 3.8) is 0 Å². The van der Waals surface area contributed by atoms with Crippen LogP contribution in [0.15, 0.2) is 51.8 Å². The van der Waals surface area contributed by atoms with E-state index in [0.717, 1.165) is 4.47 Å². The number of methoxy groups -OCH3 is 1. The summed E-state index contributed by atoms with van der Waals surface area (Å²) in [6.45, 7) is 0. The molecule has 0 spiro atoms. The number of primary amides is 1. The van der Waals surface area contributed by atoms with Crippen LogP contribution in [0, 0.1) is 0 Å². The number of benzene rings is 2. The van der Waals surface area contributed by atoms with Gasteiger partial charge in [-0.2, -0.15) is 0 Å². The number of urea groups is 1. The molecule has 1 unspecified atom stereocenters. The van der Waals surface area contributed by atoms with Gasteiger partial charge in [0, 0.05) is 10.2 Å². The van der Waals surface area contributed by atoms with Gasteiger partial charge in [-0.1, -0.05) is 28.1 Å². The van der Waals surface area contributed by atoms with Gasteiger partial charge < -0.3 is 21.1 Å². The number of primary sulfonamides is 1. The van der Waals surface area contributed by atoms with Crippen LogP contribution in [-0.2, 0) is 14.8 Å². The van der Waals surface area contributed by atoms with Crippen molar-refractivity contribution in [2.75, 3.05) is 12.4 Å². The molecule has 2 rings (SSSR count). The molecule has 0 saturated heterocycles. The lowest BCUT2D eigenvalue weighted by Gasteiger charge is -2.18. The van der Waals surface area contributed by atoms with Crippen molar-refractivity contribution >= 4 is 43.6 Å². The zero-order valence-corrected chi connectivity index (χ0v) is 17.2. The minimum atomic E-state index is -4.05. The fourth-order valence-electron chi connectivity index (χ4n) is 2.52. The number of carbonyl (C=O) groups is 2. The van der Waals surface area contributed by atoms with Crippen molar-refractivity contribution in [1.29, 1.82) is 0 Å². The SMILES string of the molecule is COc1ccc(NC(=O)CC(NC(N)=O)c2cccc(Br)c2)cc1S(N)(=O)=O. The third kappa shape index (κ3) is 5.94. The van der Waals surface area contributed by atoms with Gasteiger partial charge in [-0.05, 0) is 35.9 Å². The molecule has 0 saturated carbocycles. The van der Waals surface area contributed by atoms with Crippen LogP contribution in [0.3, 0.4) is 0 Å². The van der Waals surface area contributed by atoms with Crippen molar-refractivity contribution < 1.29 is 22.7 Å². The van der Waals surface area contributed by atoms with Gasteiger partial charge in [-0.3, -0.25) is 4.79 Å². The molecule has 9 nitrogen and oxygen atoms in total. The number of anilines is 1. The van der Waals surface area contributed by atoms with Gasteiger partial charge in [0.2, 0.25) is 15.9 Å². The molecule has 2 aromatic rings. The Morgan fingerprint density at radius 2 is 1.93 bits per heavy atom. The summed E-state index contributed by atoms with van der Waals surface area (Å²) in [5, 5.41) is 10.3. The zero-order chi connectivity index (χ0) is 20.9. The smallest absolute Gasteiger partial charge is 0.312 e. The molecule has 0 aliphatic heterocycles. The van der Waals surface area contributed by atoms with Gasteiger partial charge in [-0.15, -0.1) is 0 Å². The van der Waals surface area contributed by atoms with Crippen LogP contribution >= 0.6 is 15.9 Å². The van der Waals surface area contributed by atoms with Crippen LogP contribution in [0.25, 0.3) is 0 Å². The number of nitrogens with one attached hydrogen (secondary N) is 2. The van der Waals surface area contributed by atoms with Gasteiger partial charge in [0.25, 0.3) is 0 Å². The second-order valence-corrected chi connectivity index (χ2v) is 8.22. The Bertz CT molecular complexity index is 997. The van der Waals surface area contributed by atoms with Gasteiger partial charge in [-0.25, -0.2) is 18.4 Å². The molecule has 150 valence electrons. The highest BCUT2D eigenvalue weighted by atomic mass is 79.9. The van der Waals surface area contributed by atoms with Crippen molar-refractivity contribution in [2.45, 2.75) is 17.4 Å². The summed E-state index contributed by atoms with van der Waals surface area (Å²) in [5.74, 6) is -0.410. The lowest BCUT2D eigenvalue weighted by Crippen LogP contribution is -2.35. The van der Waals surface area contributed by atoms with E-state index in [0.29, 0.717) is 5.56 Å².